The molecule has 0 radical (unpaired) electrons. The smallest absolute Gasteiger partial charge is 0.309 e. The third kappa shape index (κ3) is 1.97. The molecule has 0 saturated carbocycles. The Morgan fingerprint density at radius 2 is 2.08 bits per heavy atom. The summed E-state index contributed by atoms with van der Waals surface area (Å²) in [5.41, 5.74) is -0.481. The summed E-state index contributed by atoms with van der Waals surface area (Å²) >= 11 is 0. The number of carboxylic acids is 1. The lowest BCUT2D eigenvalue weighted by atomic mass is 9.83. The van der Waals surface area contributed by atoms with Crippen LogP contribution in [0.15, 0.2) is 0 Å². The quantitative estimate of drug-likeness (QED) is 0.644. The number of rotatable bonds is 1. The molecule has 0 aliphatic carbocycles. The maximum absolute atomic E-state index is 10.9. The van der Waals surface area contributed by atoms with Gasteiger partial charge in [-0.15, -0.1) is 0 Å². The minimum Gasteiger partial charge on any atom is -0.481 e. The monoisotopic (exact) mass is 171 g/mol. The Balaban J connectivity index is 2.61. The summed E-state index contributed by atoms with van der Waals surface area (Å²) in [5.74, 6) is -0.641. The average molecular weight is 171 g/mol. The third-order valence-corrected chi connectivity index (χ3v) is 2.83. The molecule has 0 amide bonds. The lowest BCUT2D eigenvalue weighted by Gasteiger charge is -2.22. The number of likely N-dealkylation sites (tertiary alicyclic amines) is 1. The van der Waals surface area contributed by atoms with E-state index in [9.17, 15) is 4.79 Å². The second kappa shape index (κ2) is 3.44. The molecule has 1 aliphatic rings. The summed E-state index contributed by atoms with van der Waals surface area (Å²) in [6.45, 7) is 3.79. The normalized spacial score (nSPS) is 32.8. The van der Waals surface area contributed by atoms with E-state index in [1.165, 1.54) is 0 Å². The van der Waals surface area contributed by atoms with Crippen molar-refractivity contribution in [2.24, 2.45) is 5.41 Å². The van der Waals surface area contributed by atoms with Crippen LogP contribution in [0.1, 0.15) is 26.2 Å². The first-order chi connectivity index (χ1) is 5.54. The van der Waals surface area contributed by atoms with Crippen molar-refractivity contribution in [3.63, 3.8) is 0 Å². The molecule has 1 saturated heterocycles. The van der Waals surface area contributed by atoms with Gasteiger partial charge in [0.1, 0.15) is 0 Å². The lowest BCUT2D eigenvalue weighted by molar-refractivity contribution is -0.148. The molecule has 0 spiro atoms. The van der Waals surface area contributed by atoms with Gasteiger partial charge in [-0.25, -0.2) is 0 Å². The van der Waals surface area contributed by atoms with Gasteiger partial charge in [0.25, 0.3) is 0 Å². The molecule has 1 atom stereocenters. The molecular formula is C9H17NO2. The van der Waals surface area contributed by atoms with Crippen molar-refractivity contribution >= 4 is 5.97 Å². The molecule has 0 aromatic heterocycles. The summed E-state index contributed by atoms with van der Waals surface area (Å²) in [7, 11) is 2.05. The van der Waals surface area contributed by atoms with E-state index >= 15 is 0 Å². The number of carbonyl (C=O) groups is 1. The first-order valence-corrected chi connectivity index (χ1v) is 4.46. The predicted octanol–water partition coefficient (Wildman–Crippen LogP) is 1.19. The van der Waals surface area contributed by atoms with E-state index in [1.807, 2.05) is 14.0 Å². The van der Waals surface area contributed by atoms with Gasteiger partial charge in [-0.3, -0.25) is 4.79 Å². The molecule has 1 rings (SSSR count). The van der Waals surface area contributed by atoms with Crippen molar-refractivity contribution in [1.82, 2.24) is 4.90 Å². The minimum atomic E-state index is -0.641. The Bertz CT molecular complexity index is 181. The highest BCUT2D eigenvalue weighted by Crippen LogP contribution is 2.30. The van der Waals surface area contributed by atoms with Gasteiger partial charge >= 0.3 is 5.97 Å². The number of carboxylic acid groups (broad SMARTS) is 1. The Labute approximate surface area is 73.4 Å². The summed E-state index contributed by atoms with van der Waals surface area (Å²) in [4.78, 5) is 13.1. The molecule has 70 valence electrons. The van der Waals surface area contributed by atoms with E-state index in [1.54, 1.807) is 0 Å². The molecule has 1 fully saturated rings. The van der Waals surface area contributed by atoms with Gasteiger partial charge in [0.15, 0.2) is 0 Å². The van der Waals surface area contributed by atoms with E-state index in [0.29, 0.717) is 0 Å². The number of nitrogens with zero attached hydrogens (tertiary/aromatic N) is 1. The molecule has 1 heterocycles. The number of hydrogen-bond acceptors (Lipinski definition) is 2. The minimum absolute atomic E-state index is 0.481. The van der Waals surface area contributed by atoms with Gasteiger partial charge in [-0.1, -0.05) is 0 Å². The summed E-state index contributed by atoms with van der Waals surface area (Å²) in [5, 5.41) is 8.99. The highest BCUT2D eigenvalue weighted by atomic mass is 16.4. The molecule has 1 N–H and O–H groups in total. The highest BCUT2D eigenvalue weighted by Gasteiger charge is 2.34. The van der Waals surface area contributed by atoms with Crippen molar-refractivity contribution in [1.29, 1.82) is 0 Å². The van der Waals surface area contributed by atoms with Gasteiger partial charge < -0.3 is 10.0 Å². The molecule has 0 aromatic carbocycles. The van der Waals surface area contributed by atoms with E-state index in [2.05, 4.69) is 4.90 Å². The van der Waals surface area contributed by atoms with E-state index in [0.717, 1.165) is 32.4 Å². The van der Waals surface area contributed by atoms with Gasteiger partial charge in [-0.05, 0) is 46.3 Å². The summed E-state index contributed by atoms with van der Waals surface area (Å²) in [6.07, 6.45) is 2.59. The fourth-order valence-electron chi connectivity index (χ4n) is 1.63. The van der Waals surface area contributed by atoms with Crippen LogP contribution in [0, 0.1) is 5.41 Å². The Morgan fingerprint density at radius 1 is 1.42 bits per heavy atom. The third-order valence-electron chi connectivity index (χ3n) is 2.83. The molecule has 3 heteroatoms. The van der Waals surface area contributed by atoms with Crippen molar-refractivity contribution < 1.29 is 9.90 Å². The summed E-state index contributed by atoms with van der Waals surface area (Å²) < 4.78 is 0. The second-order valence-corrected chi connectivity index (χ2v) is 4.02. The number of hydrogen-bond donors (Lipinski definition) is 1. The Hall–Kier alpha value is -0.570. The zero-order valence-electron chi connectivity index (χ0n) is 7.84. The zero-order valence-corrected chi connectivity index (χ0v) is 7.84. The lowest BCUT2D eigenvalue weighted by Crippen LogP contribution is -2.28. The maximum atomic E-state index is 10.9. The van der Waals surface area contributed by atoms with Gasteiger partial charge in [0.2, 0.25) is 0 Å². The molecule has 0 aromatic rings. The fraction of sp³-hybridized carbons (Fsp3) is 0.889. The molecule has 12 heavy (non-hydrogen) atoms. The van der Waals surface area contributed by atoms with Crippen LogP contribution in [0.5, 0.6) is 0 Å². The van der Waals surface area contributed by atoms with E-state index in [-0.39, 0.29) is 0 Å². The van der Waals surface area contributed by atoms with Crippen LogP contribution in [0.25, 0.3) is 0 Å². The van der Waals surface area contributed by atoms with Gasteiger partial charge in [0, 0.05) is 0 Å². The van der Waals surface area contributed by atoms with Crippen LogP contribution in [-0.2, 0) is 4.79 Å². The standard InChI is InChI=1S/C9H17NO2/c1-9(8(11)12)4-3-6-10(2)7-5-9/h3-7H2,1-2H3,(H,11,12). The maximum Gasteiger partial charge on any atom is 0.309 e. The van der Waals surface area contributed by atoms with Crippen LogP contribution < -0.4 is 0 Å². The average Bonchev–Trinajstić information content (AvgIpc) is 2.15. The van der Waals surface area contributed by atoms with Gasteiger partial charge in [0.05, 0.1) is 5.41 Å². The molecule has 1 unspecified atom stereocenters. The first kappa shape index (κ1) is 9.52. The Kier molecular flexibility index (Phi) is 2.73. The number of aliphatic carboxylic acids is 1. The predicted molar refractivity (Wildman–Crippen MR) is 47.1 cm³/mol. The van der Waals surface area contributed by atoms with Crippen LogP contribution in [0.4, 0.5) is 0 Å². The van der Waals surface area contributed by atoms with Crippen LogP contribution in [0.3, 0.4) is 0 Å². The van der Waals surface area contributed by atoms with Crippen molar-refractivity contribution in [3.05, 3.63) is 0 Å². The molecule has 3 nitrogen and oxygen atoms in total. The van der Waals surface area contributed by atoms with Crippen LogP contribution in [0.2, 0.25) is 0 Å². The van der Waals surface area contributed by atoms with Crippen molar-refractivity contribution in [3.8, 4) is 0 Å². The summed E-state index contributed by atoms with van der Waals surface area (Å²) in [6, 6.07) is 0. The highest BCUT2D eigenvalue weighted by molar-refractivity contribution is 5.74. The topological polar surface area (TPSA) is 40.5 Å². The van der Waals surface area contributed by atoms with Gasteiger partial charge in [-0.2, -0.15) is 0 Å². The molecular weight excluding hydrogens is 154 g/mol. The van der Waals surface area contributed by atoms with Crippen LogP contribution in [-0.4, -0.2) is 36.1 Å². The fourth-order valence-corrected chi connectivity index (χ4v) is 1.63. The largest absolute Gasteiger partial charge is 0.481 e. The Morgan fingerprint density at radius 3 is 2.67 bits per heavy atom. The molecule has 1 aliphatic heterocycles. The van der Waals surface area contributed by atoms with E-state index in [4.69, 9.17) is 5.11 Å². The second-order valence-electron chi connectivity index (χ2n) is 4.02. The zero-order chi connectivity index (χ0) is 9.19. The molecule has 0 bridgehead atoms. The van der Waals surface area contributed by atoms with Crippen LogP contribution >= 0.6 is 0 Å². The van der Waals surface area contributed by atoms with Crippen molar-refractivity contribution in [2.75, 3.05) is 20.1 Å². The SMILES string of the molecule is CN1CCCC(C)(C(=O)O)CC1. The van der Waals surface area contributed by atoms with E-state index < -0.39 is 11.4 Å². The first-order valence-electron chi connectivity index (χ1n) is 4.46. The van der Waals surface area contributed by atoms with Crippen molar-refractivity contribution in [2.45, 2.75) is 26.2 Å².